The van der Waals surface area contributed by atoms with Gasteiger partial charge < -0.3 is 9.80 Å². The monoisotopic (exact) mass is 344 g/mol. The number of aryl methyl sites for hydroxylation is 1. The van der Waals surface area contributed by atoms with Gasteiger partial charge in [0.05, 0.1) is 6.42 Å². The van der Waals surface area contributed by atoms with Crippen molar-refractivity contribution in [2.75, 3.05) is 24.5 Å². The molecule has 0 bridgehead atoms. The van der Waals surface area contributed by atoms with Crippen molar-refractivity contribution in [1.29, 1.82) is 0 Å². The Morgan fingerprint density at radius 2 is 1.92 bits per heavy atom. The lowest BCUT2D eigenvalue weighted by Gasteiger charge is -2.34. The normalized spacial score (nSPS) is 14.8. The van der Waals surface area contributed by atoms with Crippen molar-refractivity contribution in [3.63, 3.8) is 0 Å². The number of rotatable bonds is 3. The Hall–Kier alpha value is -2.76. The number of benzene rings is 2. The highest BCUT2D eigenvalue weighted by Gasteiger charge is 2.28. The number of nitrogens with zero attached hydrogens (tertiary/aromatic N) is 2. The summed E-state index contributed by atoms with van der Waals surface area (Å²) in [6, 6.07) is 10.4. The Morgan fingerprint density at radius 1 is 1.12 bits per heavy atom. The smallest absolute Gasteiger partial charge is 0.246 e. The summed E-state index contributed by atoms with van der Waals surface area (Å²) in [7, 11) is 0. The summed E-state index contributed by atoms with van der Waals surface area (Å²) in [5, 5.41) is 0. The molecule has 0 saturated carbocycles. The molecule has 4 nitrogen and oxygen atoms in total. The molecular formula is C19H18F2N2O2. The van der Waals surface area contributed by atoms with Crippen LogP contribution in [0.1, 0.15) is 11.1 Å². The van der Waals surface area contributed by atoms with Gasteiger partial charge in [-0.2, -0.15) is 0 Å². The van der Waals surface area contributed by atoms with E-state index in [1.54, 1.807) is 18.2 Å². The van der Waals surface area contributed by atoms with E-state index in [2.05, 4.69) is 0 Å². The van der Waals surface area contributed by atoms with E-state index in [1.165, 1.54) is 34.1 Å². The average Bonchev–Trinajstić information content (AvgIpc) is 2.58. The van der Waals surface area contributed by atoms with Crippen LogP contribution in [-0.4, -0.2) is 36.3 Å². The van der Waals surface area contributed by atoms with Gasteiger partial charge in [0.15, 0.2) is 0 Å². The summed E-state index contributed by atoms with van der Waals surface area (Å²) >= 11 is 0. The zero-order valence-electron chi connectivity index (χ0n) is 13.8. The third-order valence-electron chi connectivity index (χ3n) is 4.24. The first-order valence-corrected chi connectivity index (χ1v) is 8.03. The number of halogens is 2. The molecule has 2 amide bonds. The molecule has 25 heavy (non-hydrogen) atoms. The number of anilines is 1. The highest BCUT2D eigenvalue weighted by Crippen LogP contribution is 2.19. The lowest BCUT2D eigenvalue weighted by molar-refractivity contribution is -0.136. The molecule has 2 aromatic carbocycles. The molecular weight excluding hydrogens is 326 g/mol. The summed E-state index contributed by atoms with van der Waals surface area (Å²) in [4.78, 5) is 27.6. The van der Waals surface area contributed by atoms with E-state index in [0.717, 1.165) is 5.56 Å². The van der Waals surface area contributed by atoms with Gasteiger partial charge in [-0.05, 0) is 36.8 Å². The van der Waals surface area contributed by atoms with Crippen molar-refractivity contribution in [2.24, 2.45) is 0 Å². The zero-order valence-corrected chi connectivity index (χ0v) is 13.8. The SMILES string of the molecule is Cc1ccc(F)c(CC(=O)N2CCN(c3cccc(F)c3)C(=O)C2)c1. The predicted molar refractivity (Wildman–Crippen MR) is 90.2 cm³/mol. The first-order chi connectivity index (χ1) is 11.9. The molecule has 0 aromatic heterocycles. The molecule has 1 heterocycles. The van der Waals surface area contributed by atoms with Gasteiger partial charge >= 0.3 is 0 Å². The third kappa shape index (κ3) is 3.84. The number of hydrogen-bond acceptors (Lipinski definition) is 2. The Balaban J connectivity index is 1.67. The quantitative estimate of drug-likeness (QED) is 0.859. The maximum Gasteiger partial charge on any atom is 0.246 e. The Morgan fingerprint density at radius 3 is 2.64 bits per heavy atom. The average molecular weight is 344 g/mol. The fourth-order valence-electron chi connectivity index (χ4n) is 2.92. The minimum atomic E-state index is -0.427. The van der Waals surface area contributed by atoms with Crippen LogP contribution in [0, 0.1) is 18.6 Å². The van der Waals surface area contributed by atoms with Gasteiger partial charge in [0.1, 0.15) is 18.2 Å². The summed E-state index contributed by atoms with van der Waals surface area (Å²) in [5.41, 5.74) is 1.67. The molecule has 3 rings (SSSR count). The van der Waals surface area contributed by atoms with Gasteiger partial charge in [0, 0.05) is 18.8 Å². The van der Waals surface area contributed by atoms with Crippen LogP contribution in [0.3, 0.4) is 0 Å². The van der Waals surface area contributed by atoms with Gasteiger partial charge in [0.25, 0.3) is 0 Å². The van der Waals surface area contributed by atoms with Gasteiger partial charge in [0.2, 0.25) is 11.8 Å². The number of carbonyl (C=O) groups excluding carboxylic acids is 2. The fourth-order valence-corrected chi connectivity index (χ4v) is 2.92. The second-order valence-corrected chi connectivity index (χ2v) is 6.11. The number of carbonyl (C=O) groups is 2. The molecule has 2 aromatic rings. The largest absolute Gasteiger partial charge is 0.331 e. The van der Waals surface area contributed by atoms with Gasteiger partial charge in [-0.25, -0.2) is 8.78 Å². The van der Waals surface area contributed by atoms with E-state index in [9.17, 15) is 18.4 Å². The number of hydrogen-bond donors (Lipinski definition) is 0. The second-order valence-electron chi connectivity index (χ2n) is 6.11. The van der Waals surface area contributed by atoms with Crippen LogP contribution in [0.2, 0.25) is 0 Å². The van der Waals surface area contributed by atoms with Crippen LogP contribution in [0.5, 0.6) is 0 Å². The van der Waals surface area contributed by atoms with Crippen LogP contribution < -0.4 is 4.90 Å². The molecule has 0 radical (unpaired) electrons. The van der Waals surface area contributed by atoms with Crippen molar-refractivity contribution in [2.45, 2.75) is 13.3 Å². The van der Waals surface area contributed by atoms with Crippen molar-refractivity contribution < 1.29 is 18.4 Å². The van der Waals surface area contributed by atoms with Gasteiger partial charge in [-0.15, -0.1) is 0 Å². The standard InChI is InChI=1S/C19H18F2N2O2/c1-13-5-6-17(21)14(9-13)10-18(24)22-7-8-23(19(25)12-22)16-4-2-3-15(20)11-16/h2-6,9,11H,7-8,10,12H2,1H3. The van der Waals surface area contributed by atoms with Crippen LogP contribution in [0.25, 0.3) is 0 Å². The molecule has 0 atom stereocenters. The Bertz CT molecular complexity index is 823. The van der Waals surface area contributed by atoms with E-state index < -0.39 is 11.6 Å². The Labute approximate surface area is 144 Å². The number of amides is 2. The molecule has 1 aliphatic rings. The van der Waals surface area contributed by atoms with Crippen molar-refractivity contribution in [1.82, 2.24) is 4.90 Å². The molecule has 130 valence electrons. The predicted octanol–water partition coefficient (Wildman–Crippen LogP) is 2.69. The van der Waals surface area contributed by atoms with Gasteiger partial charge in [-0.1, -0.05) is 23.8 Å². The summed E-state index contributed by atoms with van der Waals surface area (Å²) in [6.07, 6.45) is -0.0826. The topological polar surface area (TPSA) is 40.6 Å². The first-order valence-electron chi connectivity index (χ1n) is 8.03. The minimum Gasteiger partial charge on any atom is -0.331 e. The highest BCUT2D eigenvalue weighted by molar-refractivity contribution is 5.98. The van der Waals surface area contributed by atoms with Crippen molar-refractivity contribution in [3.8, 4) is 0 Å². The van der Waals surface area contributed by atoms with E-state index in [0.29, 0.717) is 17.8 Å². The molecule has 0 aliphatic carbocycles. The van der Waals surface area contributed by atoms with E-state index in [-0.39, 0.29) is 31.3 Å². The van der Waals surface area contributed by atoms with Crippen LogP contribution in [-0.2, 0) is 16.0 Å². The van der Waals surface area contributed by atoms with Crippen LogP contribution >= 0.6 is 0 Å². The Kier molecular flexibility index (Phi) is 4.79. The van der Waals surface area contributed by atoms with E-state index in [1.807, 2.05) is 6.92 Å². The molecule has 0 spiro atoms. The lowest BCUT2D eigenvalue weighted by atomic mass is 10.1. The second kappa shape index (κ2) is 7.01. The molecule has 6 heteroatoms. The molecule has 1 aliphatic heterocycles. The van der Waals surface area contributed by atoms with Crippen molar-refractivity contribution >= 4 is 17.5 Å². The van der Waals surface area contributed by atoms with Crippen LogP contribution in [0.4, 0.5) is 14.5 Å². The zero-order chi connectivity index (χ0) is 18.0. The highest BCUT2D eigenvalue weighted by atomic mass is 19.1. The fraction of sp³-hybridized carbons (Fsp3) is 0.263. The summed E-state index contributed by atoms with van der Waals surface area (Å²) < 4.78 is 27.1. The molecule has 1 saturated heterocycles. The molecule has 0 unspecified atom stereocenters. The van der Waals surface area contributed by atoms with Gasteiger partial charge in [-0.3, -0.25) is 9.59 Å². The molecule has 1 fully saturated rings. The maximum absolute atomic E-state index is 13.8. The number of piperazine rings is 1. The van der Waals surface area contributed by atoms with E-state index in [4.69, 9.17) is 0 Å². The minimum absolute atomic E-state index is 0.0826. The maximum atomic E-state index is 13.8. The molecule has 0 N–H and O–H groups in total. The van der Waals surface area contributed by atoms with E-state index >= 15 is 0 Å². The first kappa shape index (κ1) is 17.1. The van der Waals surface area contributed by atoms with Crippen LogP contribution in [0.15, 0.2) is 42.5 Å². The third-order valence-corrected chi connectivity index (χ3v) is 4.24. The lowest BCUT2D eigenvalue weighted by Crippen LogP contribution is -2.52. The summed E-state index contributed by atoms with van der Waals surface area (Å²) in [5.74, 6) is -1.42. The van der Waals surface area contributed by atoms with Crippen molar-refractivity contribution in [3.05, 3.63) is 65.2 Å². The summed E-state index contributed by atoms with van der Waals surface area (Å²) in [6.45, 7) is 2.34.